The molecule has 19 heavy (non-hydrogen) atoms. The number of nitrogens with one attached hydrogen (secondary N) is 1. The number of nitrogen functional groups attached to an aromatic ring is 1. The van der Waals surface area contributed by atoms with Crippen LogP contribution in [0.3, 0.4) is 0 Å². The number of nitrogens with zero attached hydrogens (tertiary/aromatic N) is 3. The first kappa shape index (κ1) is 14.8. The monoisotopic (exact) mass is 275 g/mol. The van der Waals surface area contributed by atoms with Crippen LogP contribution in [-0.4, -0.2) is 22.7 Å². The molecule has 98 valence electrons. The normalized spacial score (nSPS) is 11.2. The minimum absolute atomic E-state index is 0.0621. The summed E-state index contributed by atoms with van der Waals surface area (Å²) in [5.41, 5.74) is 6.01. The Morgan fingerprint density at radius 1 is 1.53 bits per heavy atom. The topological polar surface area (TPSA) is 116 Å². The van der Waals surface area contributed by atoms with Crippen molar-refractivity contribution in [2.75, 3.05) is 12.3 Å². The maximum atomic E-state index is 11.6. The van der Waals surface area contributed by atoms with Gasteiger partial charge in [-0.2, -0.15) is 10.5 Å². The van der Waals surface area contributed by atoms with E-state index in [1.807, 2.05) is 19.1 Å². The molecule has 1 aromatic heterocycles. The number of nitrogens with two attached hydrogens (primary N) is 1. The molecule has 0 aromatic carbocycles. The Morgan fingerprint density at radius 3 is 2.68 bits per heavy atom. The number of carbonyl (C=O) groups is 1. The molecule has 0 fully saturated rings. The van der Waals surface area contributed by atoms with Crippen LogP contribution in [0.2, 0.25) is 0 Å². The van der Waals surface area contributed by atoms with Crippen molar-refractivity contribution in [1.82, 2.24) is 10.3 Å². The zero-order valence-corrected chi connectivity index (χ0v) is 11.4. The Kier molecular flexibility index (Phi) is 5.16. The molecule has 7 heteroatoms. The minimum Gasteiger partial charge on any atom is -0.383 e. The SMILES string of the molecule is CCNC(=O)[C@H](C)Sc1nc(N)c(C#N)cc1C#N. The van der Waals surface area contributed by atoms with Crippen LogP contribution in [0.5, 0.6) is 0 Å². The van der Waals surface area contributed by atoms with Crippen LogP contribution >= 0.6 is 11.8 Å². The van der Waals surface area contributed by atoms with Gasteiger partial charge in [0.1, 0.15) is 23.0 Å². The second-order valence-electron chi connectivity index (χ2n) is 3.65. The van der Waals surface area contributed by atoms with Gasteiger partial charge < -0.3 is 11.1 Å². The molecule has 0 radical (unpaired) electrons. The van der Waals surface area contributed by atoms with Gasteiger partial charge in [-0.15, -0.1) is 0 Å². The molecule has 0 saturated heterocycles. The molecule has 0 spiro atoms. The van der Waals surface area contributed by atoms with Crippen LogP contribution in [0.4, 0.5) is 5.82 Å². The number of anilines is 1. The second-order valence-corrected chi connectivity index (χ2v) is 4.98. The van der Waals surface area contributed by atoms with Crippen LogP contribution in [0.1, 0.15) is 25.0 Å². The fraction of sp³-hybridized carbons (Fsp3) is 0.333. The molecule has 3 N–H and O–H groups in total. The first-order valence-electron chi connectivity index (χ1n) is 5.58. The third-order valence-corrected chi connectivity index (χ3v) is 3.37. The zero-order valence-electron chi connectivity index (χ0n) is 10.6. The highest BCUT2D eigenvalue weighted by Gasteiger charge is 2.18. The van der Waals surface area contributed by atoms with E-state index in [-0.39, 0.29) is 22.9 Å². The minimum atomic E-state index is -0.396. The fourth-order valence-electron chi connectivity index (χ4n) is 1.31. The molecule has 6 nitrogen and oxygen atoms in total. The number of hydrogen-bond acceptors (Lipinski definition) is 6. The van der Waals surface area contributed by atoms with Gasteiger partial charge in [0.25, 0.3) is 0 Å². The van der Waals surface area contributed by atoms with Crippen molar-refractivity contribution in [3.63, 3.8) is 0 Å². The number of carbonyl (C=O) groups excluding carboxylic acids is 1. The molecule has 0 unspecified atom stereocenters. The number of rotatable bonds is 4. The summed E-state index contributed by atoms with van der Waals surface area (Å²) >= 11 is 1.14. The summed E-state index contributed by atoms with van der Waals surface area (Å²) in [4.78, 5) is 15.6. The zero-order chi connectivity index (χ0) is 14.4. The van der Waals surface area contributed by atoms with E-state index in [9.17, 15) is 4.79 Å². The summed E-state index contributed by atoms with van der Waals surface area (Å²) in [6.07, 6.45) is 0. The van der Waals surface area contributed by atoms with Gasteiger partial charge in [-0.3, -0.25) is 4.79 Å². The van der Waals surface area contributed by atoms with Gasteiger partial charge in [0.15, 0.2) is 0 Å². The van der Waals surface area contributed by atoms with E-state index in [0.717, 1.165) is 11.8 Å². The van der Waals surface area contributed by atoms with E-state index in [2.05, 4.69) is 10.3 Å². The van der Waals surface area contributed by atoms with E-state index >= 15 is 0 Å². The lowest BCUT2D eigenvalue weighted by molar-refractivity contribution is -0.120. The van der Waals surface area contributed by atoms with Crippen molar-refractivity contribution in [2.24, 2.45) is 0 Å². The van der Waals surface area contributed by atoms with Crippen molar-refractivity contribution in [3.05, 3.63) is 17.2 Å². The molecule has 1 atom stereocenters. The summed E-state index contributed by atoms with van der Waals surface area (Å²) in [5.74, 6) is -0.0757. The van der Waals surface area contributed by atoms with Crippen LogP contribution in [0, 0.1) is 22.7 Å². The largest absolute Gasteiger partial charge is 0.383 e. The third-order valence-electron chi connectivity index (χ3n) is 2.27. The number of nitriles is 2. The molecular weight excluding hydrogens is 262 g/mol. The Morgan fingerprint density at radius 2 is 2.16 bits per heavy atom. The van der Waals surface area contributed by atoms with Gasteiger partial charge >= 0.3 is 0 Å². The van der Waals surface area contributed by atoms with Crippen molar-refractivity contribution >= 4 is 23.5 Å². The number of thioether (sulfide) groups is 1. The van der Waals surface area contributed by atoms with Gasteiger partial charge in [-0.25, -0.2) is 4.98 Å². The predicted molar refractivity (Wildman–Crippen MR) is 72.1 cm³/mol. The lowest BCUT2D eigenvalue weighted by atomic mass is 10.2. The second kappa shape index (κ2) is 6.62. The van der Waals surface area contributed by atoms with Crippen molar-refractivity contribution in [3.8, 4) is 12.1 Å². The Hall–Kier alpha value is -2.25. The average molecular weight is 275 g/mol. The number of aromatic nitrogens is 1. The van der Waals surface area contributed by atoms with E-state index in [4.69, 9.17) is 16.3 Å². The third kappa shape index (κ3) is 3.60. The Balaban J connectivity index is 3.02. The lowest BCUT2D eigenvalue weighted by Gasteiger charge is -2.11. The van der Waals surface area contributed by atoms with E-state index in [0.29, 0.717) is 11.6 Å². The van der Waals surface area contributed by atoms with Crippen molar-refractivity contribution in [2.45, 2.75) is 24.1 Å². The highest BCUT2D eigenvalue weighted by molar-refractivity contribution is 8.00. The summed E-state index contributed by atoms with van der Waals surface area (Å²) in [5, 5.41) is 20.5. The standard InChI is InChI=1S/C12H13N5OS/c1-3-16-11(18)7(2)19-12-9(6-14)4-8(5-13)10(15)17-12/h4,7H,3H2,1-2H3,(H2,15,17)(H,16,18)/t7-/m0/s1. The molecule has 0 aliphatic heterocycles. The Bertz CT molecular complexity index is 573. The molecule has 1 aromatic rings. The molecule has 1 heterocycles. The van der Waals surface area contributed by atoms with E-state index < -0.39 is 5.25 Å². The summed E-state index contributed by atoms with van der Waals surface area (Å²) < 4.78 is 0. The number of hydrogen-bond donors (Lipinski definition) is 2. The average Bonchev–Trinajstić information content (AvgIpc) is 2.39. The molecule has 1 amide bonds. The Labute approximate surface area is 115 Å². The van der Waals surface area contributed by atoms with E-state index in [1.165, 1.54) is 6.07 Å². The van der Waals surface area contributed by atoms with Gasteiger partial charge in [-0.05, 0) is 19.9 Å². The van der Waals surface area contributed by atoms with Crippen LogP contribution in [0.15, 0.2) is 11.1 Å². The van der Waals surface area contributed by atoms with Crippen LogP contribution in [-0.2, 0) is 4.79 Å². The van der Waals surface area contributed by atoms with Crippen molar-refractivity contribution in [1.29, 1.82) is 10.5 Å². The maximum absolute atomic E-state index is 11.6. The molecule has 0 bridgehead atoms. The smallest absolute Gasteiger partial charge is 0.233 e. The van der Waals surface area contributed by atoms with Crippen molar-refractivity contribution < 1.29 is 4.79 Å². The van der Waals surface area contributed by atoms with Crippen LogP contribution in [0.25, 0.3) is 0 Å². The molecular formula is C12H13N5OS. The highest BCUT2D eigenvalue weighted by Crippen LogP contribution is 2.27. The van der Waals surface area contributed by atoms with Gasteiger partial charge in [0.2, 0.25) is 5.91 Å². The number of pyridine rings is 1. The summed E-state index contributed by atoms with van der Waals surface area (Å²) in [6.45, 7) is 4.08. The lowest BCUT2D eigenvalue weighted by Crippen LogP contribution is -2.30. The maximum Gasteiger partial charge on any atom is 0.233 e. The first-order chi connectivity index (χ1) is 9.03. The van der Waals surface area contributed by atoms with Gasteiger partial charge in [0, 0.05) is 6.54 Å². The van der Waals surface area contributed by atoms with E-state index in [1.54, 1.807) is 6.92 Å². The molecule has 0 aliphatic rings. The number of amides is 1. The quantitative estimate of drug-likeness (QED) is 0.793. The fourth-order valence-corrected chi connectivity index (χ4v) is 2.22. The predicted octanol–water partition coefficient (Wildman–Crippen LogP) is 1.02. The highest BCUT2D eigenvalue weighted by atomic mass is 32.2. The van der Waals surface area contributed by atoms with Gasteiger partial charge in [-0.1, -0.05) is 11.8 Å². The molecule has 0 saturated carbocycles. The van der Waals surface area contributed by atoms with Gasteiger partial charge in [0.05, 0.1) is 16.4 Å². The summed E-state index contributed by atoms with van der Waals surface area (Å²) in [7, 11) is 0. The molecule has 0 aliphatic carbocycles. The van der Waals surface area contributed by atoms with Crippen LogP contribution < -0.4 is 11.1 Å². The summed E-state index contributed by atoms with van der Waals surface area (Å²) in [6, 6.07) is 5.20. The first-order valence-corrected chi connectivity index (χ1v) is 6.46. The molecule has 1 rings (SSSR count).